The molecule has 2 rings (SSSR count). The van der Waals surface area contributed by atoms with Gasteiger partial charge in [0, 0.05) is 17.9 Å². The summed E-state index contributed by atoms with van der Waals surface area (Å²) in [6.45, 7) is 5.95. The van der Waals surface area contributed by atoms with Gasteiger partial charge in [-0.3, -0.25) is 0 Å². The summed E-state index contributed by atoms with van der Waals surface area (Å²) in [6, 6.07) is 0.0602. The second kappa shape index (κ2) is 4.60. The number of ether oxygens (including phenoxy) is 1. The molecule has 0 aliphatic carbocycles. The van der Waals surface area contributed by atoms with Crippen molar-refractivity contribution < 1.29 is 4.74 Å². The van der Waals surface area contributed by atoms with E-state index >= 15 is 0 Å². The van der Waals surface area contributed by atoms with E-state index < -0.39 is 0 Å². The molecule has 1 fully saturated rings. The molecule has 2 unspecified atom stereocenters. The Hall–Kier alpha value is -0.450. The van der Waals surface area contributed by atoms with E-state index in [2.05, 4.69) is 24.2 Å². The standard InChI is InChI=1S/C11H18N2OS/c1-7(2)9-6-15-11(13-9)10(12)8-3-4-14-5-8/h6-8,10H,3-5,12H2,1-2H3. The highest BCUT2D eigenvalue weighted by atomic mass is 32.1. The number of aromatic nitrogens is 1. The summed E-state index contributed by atoms with van der Waals surface area (Å²) in [4.78, 5) is 4.59. The molecule has 2 heterocycles. The van der Waals surface area contributed by atoms with Crippen LogP contribution < -0.4 is 5.73 Å². The van der Waals surface area contributed by atoms with Crippen LogP contribution in [0.5, 0.6) is 0 Å². The molecule has 1 aliphatic rings. The van der Waals surface area contributed by atoms with E-state index in [1.165, 1.54) is 0 Å². The van der Waals surface area contributed by atoms with E-state index in [1.54, 1.807) is 11.3 Å². The van der Waals surface area contributed by atoms with Gasteiger partial charge in [0.15, 0.2) is 0 Å². The zero-order chi connectivity index (χ0) is 10.8. The number of nitrogens with zero attached hydrogens (tertiary/aromatic N) is 1. The Balaban J connectivity index is 2.07. The molecule has 0 bridgehead atoms. The van der Waals surface area contributed by atoms with Gasteiger partial charge in [0.05, 0.1) is 18.3 Å². The van der Waals surface area contributed by atoms with Crippen LogP contribution in [-0.4, -0.2) is 18.2 Å². The Labute approximate surface area is 94.7 Å². The van der Waals surface area contributed by atoms with Gasteiger partial charge in [0.2, 0.25) is 0 Å². The van der Waals surface area contributed by atoms with E-state index in [1.807, 2.05) is 0 Å². The summed E-state index contributed by atoms with van der Waals surface area (Å²) < 4.78 is 5.35. The monoisotopic (exact) mass is 226 g/mol. The van der Waals surface area contributed by atoms with Crippen LogP contribution in [-0.2, 0) is 4.74 Å². The number of rotatable bonds is 3. The first-order valence-electron chi connectivity index (χ1n) is 5.47. The molecule has 15 heavy (non-hydrogen) atoms. The van der Waals surface area contributed by atoms with Gasteiger partial charge in [0.25, 0.3) is 0 Å². The first kappa shape index (κ1) is 11.0. The van der Waals surface area contributed by atoms with Crippen molar-refractivity contribution in [2.24, 2.45) is 11.7 Å². The summed E-state index contributed by atoms with van der Waals surface area (Å²) in [5.74, 6) is 0.943. The SMILES string of the molecule is CC(C)c1csc(C(N)C2CCOC2)n1. The molecule has 84 valence electrons. The molecular formula is C11H18N2OS. The van der Waals surface area contributed by atoms with Crippen molar-refractivity contribution in [2.45, 2.75) is 32.2 Å². The fourth-order valence-corrected chi connectivity index (χ4v) is 2.83. The lowest BCUT2D eigenvalue weighted by Gasteiger charge is -2.14. The van der Waals surface area contributed by atoms with Crippen LogP contribution in [0.25, 0.3) is 0 Å². The predicted molar refractivity (Wildman–Crippen MR) is 62.1 cm³/mol. The molecule has 0 radical (unpaired) electrons. The van der Waals surface area contributed by atoms with Crippen LogP contribution in [0.15, 0.2) is 5.38 Å². The number of hydrogen-bond donors (Lipinski definition) is 1. The third kappa shape index (κ3) is 2.38. The molecule has 1 aromatic heterocycles. The lowest BCUT2D eigenvalue weighted by atomic mass is 10.0. The average Bonchev–Trinajstić information content (AvgIpc) is 2.88. The number of hydrogen-bond acceptors (Lipinski definition) is 4. The van der Waals surface area contributed by atoms with Gasteiger partial charge in [-0.25, -0.2) is 4.98 Å². The maximum absolute atomic E-state index is 6.18. The van der Waals surface area contributed by atoms with Crippen LogP contribution in [0.4, 0.5) is 0 Å². The molecule has 0 saturated carbocycles. The lowest BCUT2D eigenvalue weighted by molar-refractivity contribution is 0.181. The van der Waals surface area contributed by atoms with Gasteiger partial charge in [0.1, 0.15) is 5.01 Å². The molecule has 4 heteroatoms. The van der Waals surface area contributed by atoms with Crippen molar-refractivity contribution in [3.63, 3.8) is 0 Å². The zero-order valence-corrected chi connectivity index (χ0v) is 10.1. The van der Waals surface area contributed by atoms with E-state index in [-0.39, 0.29) is 6.04 Å². The minimum Gasteiger partial charge on any atom is -0.381 e. The minimum atomic E-state index is 0.0602. The fraction of sp³-hybridized carbons (Fsp3) is 0.727. The Kier molecular flexibility index (Phi) is 3.38. The van der Waals surface area contributed by atoms with Crippen molar-refractivity contribution in [3.05, 3.63) is 16.1 Å². The van der Waals surface area contributed by atoms with Crippen LogP contribution in [0, 0.1) is 5.92 Å². The summed E-state index contributed by atoms with van der Waals surface area (Å²) >= 11 is 1.68. The third-order valence-corrected chi connectivity index (χ3v) is 3.85. The highest BCUT2D eigenvalue weighted by molar-refractivity contribution is 7.09. The molecule has 2 atom stereocenters. The minimum absolute atomic E-state index is 0.0602. The van der Waals surface area contributed by atoms with Gasteiger partial charge in [-0.1, -0.05) is 13.8 Å². The second-order valence-corrected chi connectivity index (χ2v) is 5.30. The van der Waals surface area contributed by atoms with Gasteiger partial charge in [-0.2, -0.15) is 0 Å². The Morgan fingerprint density at radius 3 is 2.93 bits per heavy atom. The Bertz CT molecular complexity index is 318. The highest BCUT2D eigenvalue weighted by Crippen LogP contribution is 2.29. The van der Waals surface area contributed by atoms with E-state index in [9.17, 15) is 0 Å². The van der Waals surface area contributed by atoms with Crippen molar-refractivity contribution in [1.82, 2.24) is 4.98 Å². The Morgan fingerprint density at radius 1 is 1.60 bits per heavy atom. The summed E-state index contributed by atoms with van der Waals surface area (Å²) in [6.07, 6.45) is 1.07. The maximum Gasteiger partial charge on any atom is 0.110 e. The largest absolute Gasteiger partial charge is 0.381 e. The highest BCUT2D eigenvalue weighted by Gasteiger charge is 2.26. The predicted octanol–water partition coefficient (Wildman–Crippen LogP) is 2.30. The third-order valence-electron chi connectivity index (χ3n) is 2.89. The van der Waals surface area contributed by atoms with Crippen LogP contribution in [0.1, 0.15) is 42.9 Å². The maximum atomic E-state index is 6.18. The normalized spacial score (nSPS) is 23.6. The molecule has 3 nitrogen and oxygen atoms in total. The molecule has 2 N–H and O–H groups in total. The van der Waals surface area contributed by atoms with Crippen molar-refractivity contribution in [1.29, 1.82) is 0 Å². The summed E-state index contributed by atoms with van der Waals surface area (Å²) in [5, 5.41) is 3.18. The molecule has 0 spiro atoms. The molecule has 0 aromatic carbocycles. The van der Waals surface area contributed by atoms with Crippen molar-refractivity contribution in [2.75, 3.05) is 13.2 Å². The number of thiazole rings is 1. The fourth-order valence-electron chi connectivity index (χ4n) is 1.76. The Morgan fingerprint density at radius 2 is 2.40 bits per heavy atom. The summed E-state index contributed by atoms with van der Waals surface area (Å²) in [5.41, 5.74) is 7.34. The first-order valence-corrected chi connectivity index (χ1v) is 6.35. The molecule has 1 aromatic rings. The quantitative estimate of drug-likeness (QED) is 0.860. The van der Waals surface area contributed by atoms with Gasteiger partial charge >= 0.3 is 0 Å². The van der Waals surface area contributed by atoms with Crippen molar-refractivity contribution in [3.8, 4) is 0 Å². The van der Waals surface area contributed by atoms with Crippen LogP contribution in [0.3, 0.4) is 0 Å². The van der Waals surface area contributed by atoms with Gasteiger partial charge in [-0.05, 0) is 12.3 Å². The number of nitrogens with two attached hydrogens (primary N) is 1. The van der Waals surface area contributed by atoms with E-state index in [0.717, 1.165) is 30.3 Å². The molecule has 0 amide bonds. The average molecular weight is 226 g/mol. The first-order chi connectivity index (χ1) is 7.18. The topological polar surface area (TPSA) is 48.1 Å². The molecule has 1 aliphatic heterocycles. The van der Waals surface area contributed by atoms with Crippen LogP contribution in [0.2, 0.25) is 0 Å². The lowest BCUT2D eigenvalue weighted by Crippen LogP contribution is -2.21. The van der Waals surface area contributed by atoms with Crippen molar-refractivity contribution >= 4 is 11.3 Å². The van der Waals surface area contributed by atoms with Crippen LogP contribution >= 0.6 is 11.3 Å². The van der Waals surface area contributed by atoms with E-state index in [0.29, 0.717) is 11.8 Å². The van der Waals surface area contributed by atoms with E-state index in [4.69, 9.17) is 10.5 Å². The smallest absolute Gasteiger partial charge is 0.110 e. The van der Waals surface area contributed by atoms with Gasteiger partial charge in [-0.15, -0.1) is 11.3 Å². The van der Waals surface area contributed by atoms with Gasteiger partial charge < -0.3 is 10.5 Å². The molecule has 1 saturated heterocycles. The zero-order valence-electron chi connectivity index (χ0n) is 9.27. The summed E-state index contributed by atoms with van der Waals surface area (Å²) in [7, 11) is 0. The molecular weight excluding hydrogens is 208 g/mol. The second-order valence-electron chi connectivity index (χ2n) is 4.41.